The summed E-state index contributed by atoms with van der Waals surface area (Å²) in [5, 5.41) is 0. The number of anilines is 1. The van der Waals surface area contributed by atoms with Gasteiger partial charge in [0.05, 0.1) is 0 Å². The predicted molar refractivity (Wildman–Crippen MR) is 65.9 cm³/mol. The second kappa shape index (κ2) is 5.11. The van der Waals surface area contributed by atoms with Crippen LogP contribution in [0.25, 0.3) is 0 Å². The number of hydrogen-bond acceptors (Lipinski definition) is 2. The number of hydrogen-bond donors (Lipinski definition) is 0. The Morgan fingerprint density at radius 3 is 2.37 bits per heavy atom. The fourth-order valence-corrected chi connectivity index (χ4v) is 2.28. The maximum Gasteiger partial charge on any atom is 0.410 e. The number of para-hydroxylation sites is 1. The SMILES string of the molecule is CC(=O)N1CCN(c2ccccc2)C(C(F)(F)F)C1. The lowest BCUT2D eigenvalue weighted by Gasteiger charge is -2.43. The second-order valence-electron chi connectivity index (χ2n) is 4.55. The Morgan fingerprint density at radius 2 is 1.84 bits per heavy atom. The molecule has 1 amide bonds. The van der Waals surface area contributed by atoms with Gasteiger partial charge in [0.2, 0.25) is 5.91 Å². The van der Waals surface area contributed by atoms with E-state index in [0.717, 1.165) is 0 Å². The summed E-state index contributed by atoms with van der Waals surface area (Å²) >= 11 is 0. The first-order valence-corrected chi connectivity index (χ1v) is 6.03. The molecule has 19 heavy (non-hydrogen) atoms. The average Bonchev–Trinajstić information content (AvgIpc) is 2.38. The lowest BCUT2D eigenvalue weighted by molar-refractivity contribution is -0.160. The van der Waals surface area contributed by atoms with Crippen LogP contribution in [0.1, 0.15) is 6.92 Å². The van der Waals surface area contributed by atoms with Gasteiger partial charge in [-0.1, -0.05) is 18.2 Å². The van der Waals surface area contributed by atoms with E-state index in [1.807, 2.05) is 0 Å². The zero-order chi connectivity index (χ0) is 14.0. The maximum atomic E-state index is 13.1. The van der Waals surface area contributed by atoms with Crippen LogP contribution in [0, 0.1) is 0 Å². The minimum Gasteiger partial charge on any atom is -0.357 e. The van der Waals surface area contributed by atoms with Gasteiger partial charge in [-0.2, -0.15) is 13.2 Å². The highest BCUT2D eigenvalue weighted by Gasteiger charge is 2.47. The highest BCUT2D eigenvalue weighted by molar-refractivity contribution is 5.73. The molecule has 1 heterocycles. The van der Waals surface area contributed by atoms with Crippen LogP contribution < -0.4 is 4.90 Å². The van der Waals surface area contributed by atoms with Gasteiger partial charge >= 0.3 is 6.18 Å². The molecule has 0 radical (unpaired) electrons. The van der Waals surface area contributed by atoms with Crippen LogP contribution in [0.5, 0.6) is 0 Å². The van der Waals surface area contributed by atoms with Crippen LogP contribution in [0.2, 0.25) is 0 Å². The third kappa shape index (κ3) is 3.00. The van der Waals surface area contributed by atoms with Gasteiger partial charge in [0, 0.05) is 32.2 Å². The number of halogens is 3. The number of carbonyl (C=O) groups excluding carboxylic acids is 1. The molecule has 104 valence electrons. The van der Waals surface area contributed by atoms with Gasteiger partial charge < -0.3 is 9.80 Å². The van der Waals surface area contributed by atoms with Gasteiger partial charge in [0.25, 0.3) is 0 Å². The summed E-state index contributed by atoms with van der Waals surface area (Å²) in [4.78, 5) is 13.8. The van der Waals surface area contributed by atoms with E-state index in [-0.39, 0.29) is 19.0 Å². The topological polar surface area (TPSA) is 23.6 Å². The number of alkyl halides is 3. The van der Waals surface area contributed by atoms with Crippen LogP contribution in [0.15, 0.2) is 30.3 Å². The van der Waals surface area contributed by atoms with Crippen molar-refractivity contribution in [3.05, 3.63) is 30.3 Å². The first-order chi connectivity index (χ1) is 8.89. The number of benzene rings is 1. The Kier molecular flexibility index (Phi) is 3.68. The Bertz CT molecular complexity index is 447. The van der Waals surface area contributed by atoms with Crippen molar-refractivity contribution in [3.8, 4) is 0 Å². The molecule has 1 atom stereocenters. The number of rotatable bonds is 1. The summed E-state index contributed by atoms with van der Waals surface area (Å²) in [5.74, 6) is -0.318. The molecule has 0 saturated carbocycles. The van der Waals surface area contributed by atoms with Crippen molar-refractivity contribution in [2.24, 2.45) is 0 Å². The Hall–Kier alpha value is -1.72. The van der Waals surface area contributed by atoms with Crippen LogP contribution in [-0.2, 0) is 4.79 Å². The van der Waals surface area contributed by atoms with E-state index >= 15 is 0 Å². The number of amides is 1. The normalized spacial score (nSPS) is 20.5. The van der Waals surface area contributed by atoms with Gasteiger partial charge in [-0.05, 0) is 12.1 Å². The van der Waals surface area contributed by atoms with E-state index in [1.165, 1.54) is 16.7 Å². The predicted octanol–water partition coefficient (Wildman–Crippen LogP) is 2.29. The van der Waals surface area contributed by atoms with Crippen LogP contribution in [0.3, 0.4) is 0 Å². The van der Waals surface area contributed by atoms with Crippen LogP contribution in [-0.4, -0.2) is 42.7 Å². The van der Waals surface area contributed by atoms with Crippen molar-refractivity contribution in [1.29, 1.82) is 0 Å². The lowest BCUT2D eigenvalue weighted by atomic mass is 10.1. The minimum atomic E-state index is -4.36. The van der Waals surface area contributed by atoms with Crippen molar-refractivity contribution < 1.29 is 18.0 Å². The number of nitrogens with zero attached hydrogens (tertiary/aromatic N) is 2. The smallest absolute Gasteiger partial charge is 0.357 e. The average molecular weight is 272 g/mol. The van der Waals surface area contributed by atoms with Crippen molar-refractivity contribution in [3.63, 3.8) is 0 Å². The van der Waals surface area contributed by atoms with Gasteiger partial charge in [-0.25, -0.2) is 0 Å². The summed E-state index contributed by atoms with van der Waals surface area (Å²) in [6, 6.07) is 6.84. The van der Waals surface area contributed by atoms with E-state index in [2.05, 4.69) is 0 Å². The largest absolute Gasteiger partial charge is 0.410 e. The van der Waals surface area contributed by atoms with Gasteiger partial charge in [0.1, 0.15) is 6.04 Å². The summed E-state index contributed by atoms with van der Waals surface area (Å²) < 4.78 is 39.4. The maximum absolute atomic E-state index is 13.1. The third-order valence-corrected chi connectivity index (χ3v) is 3.29. The van der Waals surface area contributed by atoms with Crippen molar-refractivity contribution in [2.45, 2.75) is 19.1 Å². The quantitative estimate of drug-likeness (QED) is 0.783. The van der Waals surface area contributed by atoms with Crippen LogP contribution >= 0.6 is 0 Å². The molecule has 1 saturated heterocycles. The molecular formula is C13H15F3N2O. The van der Waals surface area contributed by atoms with Crippen molar-refractivity contribution in [2.75, 3.05) is 24.5 Å². The molecule has 1 aliphatic heterocycles. The number of carbonyl (C=O) groups is 1. The molecule has 0 N–H and O–H groups in total. The molecule has 0 aliphatic carbocycles. The van der Waals surface area contributed by atoms with Crippen molar-refractivity contribution >= 4 is 11.6 Å². The zero-order valence-corrected chi connectivity index (χ0v) is 10.5. The monoisotopic (exact) mass is 272 g/mol. The molecular weight excluding hydrogens is 257 g/mol. The van der Waals surface area contributed by atoms with E-state index < -0.39 is 12.2 Å². The Labute approximate surface area is 109 Å². The summed E-state index contributed by atoms with van der Waals surface area (Å²) in [5.41, 5.74) is 0.535. The lowest BCUT2D eigenvalue weighted by Crippen LogP contribution is -2.60. The van der Waals surface area contributed by atoms with E-state index in [1.54, 1.807) is 30.3 Å². The molecule has 1 aromatic carbocycles. The molecule has 6 heteroatoms. The van der Waals surface area contributed by atoms with E-state index in [9.17, 15) is 18.0 Å². The van der Waals surface area contributed by atoms with E-state index in [4.69, 9.17) is 0 Å². The van der Waals surface area contributed by atoms with Gasteiger partial charge in [-0.3, -0.25) is 4.79 Å². The number of piperazine rings is 1. The molecule has 1 unspecified atom stereocenters. The molecule has 0 bridgehead atoms. The summed E-state index contributed by atoms with van der Waals surface area (Å²) in [6.07, 6.45) is -4.36. The van der Waals surface area contributed by atoms with Gasteiger partial charge in [0.15, 0.2) is 0 Å². The fourth-order valence-electron chi connectivity index (χ4n) is 2.28. The third-order valence-electron chi connectivity index (χ3n) is 3.29. The van der Waals surface area contributed by atoms with E-state index in [0.29, 0.717) is 12.2 Å². The van der Waals surface area contributed by atoms with Crippen molar-refractivity contribution in [1.82, 2.24) is 4.90 Å². The standard InChI is InChI=1S/C13H15F3N2O/c1-10(19)17-7-8-18(11-5-3-2-4-6-11)12(9-17)13(14,15)16/h2-6,12H,7-9H2,1H3. The van der Waals surface area contributed by atoms with Crippen LogP contribution in [0.4, 0.5) is 18.9 Å². The van der Waals surface area contributed by atoms with Gasteiger partial charge in [-0.15, -0.1) is 0 Å². The molecule has 1 fully saturated rings. The molecule has 1 aromatic rings. The molecule has 3 nitrogen and oxygen atoms in total. The molecule has 0 spiro atoms. The first kappa shape index (κ1) is 13.7. The highest BCUT2D eigenvalue weighted by atomic mass is 19.4. The second-order valence-corrected chi connectivity index (χ2v) is 4.55. The summed E-state index contributed by atoms with van der Waals surface area (Å²) in [6.45, 7) is 1.49. The minimum absolute atomic E-state index is 0.188. The summed E-state index contributed by atoms with van der Waals surface area (Å²) in [7, 11) is 0. The molecule has 2 rings (SSSR count). The molecule has 0 aromatic heterocycles. The highest BCUT2D eigenvalue weighted by Crippen LogP contribution is 2.31. The zero-order valence-electron chi connectivity index (χ0n) is 10.5. The molecule has 1 aliphatic rings. The first-order valence-electron chi connectivity index (χ1n) is 6.03. The fraction of sp³-hybridized carbons (Fsp3) is 0.462. The Morgan fingerprint density at radius 1 is 1.21 bits per heavy atom. The Balaban J connectivity index is 2.26.